The lowest BCUT2D eigenvalue weighted by atomic mass is 10.2. The Balaban J connectivity index is 1.58. The summed E-state index contributed by atoms with van der Waals surface area (Å²) in [7, 11) is 0. The molecule has 28 heavy (non-hydrogen) atoms. The Morgan fingerprint density at radius 3 is 1.68 bits per heavy atom. The number of nitrogens with zero attached hydrogens (tertiary/aromatic N) is 6. The van der Waals surface area contributed by atoms with E-state index in [1.54, 1.807) is 32.9 Å². The summed E-state index contributed by atoms with van der Waals surface area (Å²) in [5.74, 6) is 15.4. The highest BCUT2D eigenvalue weighted by atomic mass is 32.2. The fourth-order valence-electron chi connectivity index (χ4n) is 2.70. The Labute approximate surface area is 173 Å². The summed E-state index contributed by atoms with van der Waals surface area (Å²) < 4.78 is 3.19. The van der Waals surface area contributed by atoms with Gasteiger partial charge in [0.1, 0.15) is 0 Å². The maximum atomic E-state index is 6.07. The normalized spacial score (nSPS) is 11.2. The number of hydrogen-bond donors (Lipinski definition) is 2. The van der Waals surface area contributed by atoms with Crippen molar-refractivity contribution in [2.24, 2.45) is 0 Å². The van der Waals surface area contributed by atoms with E-state index in [1.165, 1.54) is 11.1 Å². The molecule has 0 spiro atoms. The molecule has 0 amide bonds. The molecule has 0 saturated heterocycles. The molecule has 0 saturated carbocycles. The lowest BCUT2D eigenvalue weighted by Gasteiger charge is -2.06. The first-order valence-corrected chi connectivity index (χ1v) is 11.3. The van der Waals surface area contributed by atoms with E-state index in [0.29, 0.717) is 0 Å². The highest BCUT2D eigenvalue weighted by molar-refractivity contribution is 7.98. The van der Waals surface area contributed by atoms with E-state index in [0.717, 1.165) is 59.2 Å². The lowest BCUT2D eigenvalue weighted by Crippen LogP contribution is -2.14. The second-order valence-corrected chi connectivity index (χ2v) is 8.32. The second-order valence-electron chi connectivity index (χ2n) is 6.43. The molecule has 2 aromatic heterocycles. The zero-order valence-electron chi connectivity index (χ0n) is 16.2. The molecule has 0 atom stereocenters. The summed E-state index contributed by atoms with van der Waals surface area (Å²) in [5.41, 5.74) is 2.42. The van der Waals surface area contributed by atoms with Crippen LogP contribution in [-0.2, 0) is 24.3 Å². The first-order valence-electron chi connectivity index (χ1n) is 9.34. The Morgan fingerprint density at radius 2 is 1.25 bits per heavy atom. The predicted molar refractivity (Wildman–Crippen MR) is 114 cm³/mol. The molecule has 0 bridgehead atoms. The summed E-state index contributed by atoms with van der Waals surface area (Å²) in [5, 5.41) is 18.2. The van der Waals surface area contributed by atoms with Crippen LogP contribution in [0.2, 0.25) is 0 Å². The van der Waals surface area contributed by atoms with Crippen molar-refractivity contribution in [2.45, 2.75) is 61.3 Å². The minimum absolute atomic E-state index is 0.739. The third-order valence-corrected chi connectivity index (χ3v) is 6.17. The Bertz CT molecular complexity index is 835. The number of nitrogens with two attached hydrogens (primary N) is 2. The Hall–Kier alpha value is -2.20. The van der Waals surface area contributed by atoms with E-state index < -0.39 is 0 Å². The lowest BCUT2D eigenvalue weighted by molar-refractivity contribution is 0.757. The molecule has 0 aliphatic rings. The number of rotatable bonds is 10. The van der Waals surface area contributed by atoms with E-state index in [-0.39, 0.29) is 0 Å². The molecule has 3 aromatic rings. The number of nitrogen functional groups attached to an aromatic ring is 2. The third-order valence-electron chi connectivity index (χ3n) is 4.14. The Kier molecular flexibility index (Phi) is 7.21. The van der Waals surface area contributed by atoms with Gasteiger partial charge in [0.15, 0.2) is 11.6 Å². The van der Waals surface area contributed by atoms with Crippen LogP contribution in [-0.4, -0.2) is 29.7 Å². The van der Waals surface area contributed by atoms with Gasteiger partial charge >= 0.3 is 0 Å². The molecule has 0 aliphatic carbocycles. The maximum absolute atomic E-state index is 6.07. The molecule has 8 nitrogen and oxygen atoms in total. The molecule has 4 N–H and O–H groups in total. The van der Waals surface area contributed by atoms with Crippen molar-refractivity contribution < 1.29 is 0 Å². The van der Waals surface area contributed by atoms with Gasteiger partial charge < -0.3 is 11.7 Å². The highest BCUT2D eigenvalue weighted by Crippen LogP contribution is 2.24. The molecule has 0 unspecified atom stereocenters. The molecule has 0 aliphatic heterocycles. The molecule has 150 valence electrons. The van der Waals surface area contributed by atoms with Crippen LogP contribution in [0.25, 0.3) is 0 Å². The van der Waals surface area contributed by atoms with Gasteiger partial charge in [0.05, 0.1) is 0 Å². The SMILES string of the molecule is CCCc1nnc(SCc2cccc(CSc3nnc(CCC)n3N)c2)n1N. The fraction of sp³-hybridized carbons (Fsp3) is 0.444. The maximum Gasteiger partial charge on any atom is 0.210 e. The van der Waals surface area contributed by atoms with Crippen molar-refractivity contribution in [1.82, 2.24) is 29.7 Å². The van der Waals surface area contributed by atoms with Crippen LogP contribution in [0.4, 0.5) is 0 Å². The Morgan fingerprint density at radius 1 is 0.786 bits per heavy atom. The van der Waals surface area contributed by atoms with Gasteiger partial charge in [-0.1, -0.05) is 61.6 Å². The molecule has 1 aromatic carbocycles. The molecule has 2 heterocycles. The van der Waals surface area contributed by atoms with Crippen LogP contribution in [0.1, 0.15) is 49.5 Å². The first-order chi connectivity index (χ1) is 13.6. The molecule has 3 rings (SSSR count). The van der Waals surface area contributed by atoms with Gasteiger partial charge in [-0.2, -0.15) is 0 Å². The first kappa shape index (κ1) is 20.5. The van der Waals surface area contributed by atoms with Crippen molar-refractivity contribution in [3.63, 3.8) is 0 Å². The molecular weight excluding hydrogens is 392 g/mol. The van der Waals surface area contributed by atoms with Crippen molar-refractivity contribution >= 4 is 23.5 Å². The summed E-state index contributed by atoms with van der Waals surface area (Å²) in [6.45, 7) is 4.20. The predicted octanol–water partition coefficient (Wildman–Crippen LogP) is 2.79. The summed E-state index contributed by atoms with van der Waals surface area (Å²) in [6, 6.07) is 8.47. The topological polar surface area (TPSA) is 113 Å². The van der Waals surface area contributed by atoms with Crippen molar-refractivity contribution in [3.8, 4) is 0 Å². The van der Waals surface area contributed by atoms with Gasteiger partial charge in [-0.3, -0.25) is 0 Å². The quantitative estimate of drug-likeness (QED) is 0.382. The number of aryl methyl sites for hydroxylation is 2. The van der Waals surface area contributed by atoms with E-state index in [1.807, 2.05) is 0 Å². The number of hydrogen-bond acceptors (Lipinski definition) is 8. The van der Waals surface area contributed by atoms with E-state index >= 15 is 0 Å². The van der Waals surface area contributed by atoms with E-state index in [2.05, 4.69) is 58.5 Å². The highest BCUT2D eigenvalue weighted by Gasteiger charge is 2.11. The largest absolute Gasteiger partial charge is 0.336 e. The van der Waals surface area contributed by atoms with Crippen molar-refractivity contribution in [2.75, 3.05) is 11.7 Å². The van der Waals surface area contributed by atoms with Crippen molar-refractivity contribution in [3.05, 3.63) is 47.0 Å². The van der Waals surface area contributed by atoms with E-state index in [9.17, 15) is 0 Å². The summed E-state index contributed by atoms with van der Waals surface area (Å²) in [4.78, 5) is 0. The zero-order valence-corrected chi connectivity index (χ0v) is 17.8. The van der Waals surface area contributed by atoms with Crippen LogP contribution < -0.4 is 11.7 Å². The smallest absolute Gasteiger partial charge is 0.210 e. The third kappa shape index (κ3) is 4.99. The zero-order chi connectivity index (χ0) is 19.9. The minimum atomic E-state index is 0.739. The average Bonchev–Trinajstić information content (AvgIpc) is 3.23. The van der Waals surface area contributed by atoms with Crippen LogP contribution in [0, 0.1) is 0 Å². The number of thioether (sulfide) groups is 2. The van der Waals surface area contributed by atoms with Crippen LogP contribution in [0.15, 0.2) is 34.6 Å². The van der Waals surface area contributed by atoms with Gasteiger partial charge in [-0.05, 0) is 24.0 Å². The second kappa shape index (κ2) is 9.83. The van der Waals surface area contributed by atoms with Gasteiger partial charge in [0.25, 0.3) is 0 Å². The summed E-state index contributed by atoms with van der Waals surface area (Å²) in [6.07, 6.45) is 3.66. The number of aromatic nitrogens is 6. The monoisotopic (exact) mass is 418 g/mol. The van der Waals surface area contributed by atoms with Crippen LogP contribution in [0.3, 0.4) is 0 Å². The standard InChI is InChI=1S/C18H26N8S2/c1-3-6-15-21-23-17(25(15)19)27-11-13-8-5-9-14(10-13)12-28-18-24-22-16(7-4-2)26(18)20/h5,8-10H,3-4,6-7,11-12,19-20H2,1-2H3. The van der Waals surface area contributed by atoms with Crippen LogP contribution in [0.5, 0.6) is 0 Å². The molecule has 0 fully saturated rings. The van der Waals surface area contributed by atoms with Crippen molar-refractivity contribution in [1.29, 1.82) is 0 Å². The number of benzene rings is 1. The summed E-state index contributed by atoms with van der Waals surface area (Å²) >= 11 is 3.18. The average molecular weight is 419 g/mol. The van der Waals surface area contributed by atoms with Gasteiger partial charge in [-0.15, -0.1) is 20.4 Å². The van der Waals surface area contributed by atoms with Gasteiger partial charge in [0.2, 0.25) is 10.3 Å². The minimum Gasteiger partial charge on any atom is -0.336 e. The molecule has 10 heteroatoms. The van der Waals surface area contributed by atoms with Gasteiger partial charge in [0, 0.05) is 24.3 Å². The van der Waals surface area contributed by atoms with E-state index in [4.69, 9.17) is 11.7 Å². The van der Waals surface area contributed by atoms with Gasteiger partial charge in [-0.25, -0.2) is 9.35 Å². The van der Waals surface area contributed by atoms with Crippen LogP contribution >= 0.6 is 23.5 Å². The fourth-order valence-corrected chi connectivity index (χ4v) is 4.34. The molecular formula is C18H26N8S2. The molecule has 0 radical (unpaired) electrons.